The summed E-state index contributed by atoms with van der Waals surface area (Å²) < 4.78 is 11.3. The number of ether oxygens (including phenoxy) is 2. The second-order valence-electron chi connectivity index (χ2n) is 10.6. The summed E-state index contributed by atoms with van der Waals surface area (Å²) in [6.45, 7) is 7.02. The van der Waals surface area contributed by atoms with E-state index in [0.29, 0.717) is 25.0 Å². The number of esters is 1. The highest BCUT2D eigenvalue weighted by Crippen LogP contribution is 2.29. The van der Waals surface area contributed by atoms with E-state index in [1.807, 2.05) is 24.3 Å². The van der Waals surface area contributed by atoms with E-state index in [0.717, 1.165) is 49.7 Å². The van der Waals surface area contributed by atoms with Crippen LogP contribution in [0.25, 0.3) is 6.08 Å². The molecule has 3 rings (SSSR count). The molecule has 200 valence electrons. The minimum absolute atomic E-state index is 0.0782. The topological polar surface area (TPSA) is 85.9 Å². The van der Waals surface area contributed by atoms with Gasteiger partial charge in [-0.2, -0.15) is 0 Å². The maximum atomic E-state index is 13.0. The van der Waals surface area contributed by atoms with Crippen LogP contribution in [-0.4, -0.2) is 36.9 Å². The average molecular weight is 501 g/mol. The molecule has 7 heteroatoms. The molecule has 0 aliphatic heterocycles. The summed E-state index contributed by atoms with van der Waals surface area (Å²) in [6.07, 6.45) is 12.8. The molecule has 0 aromatic heterocycles. The summed E-state index contributed by atoms with van der Waals surface area (Å²) in [5.74, 6) is 0.310. The molecular weight excluding hydrogens is 456 g/mol. The number of nitrogens with one attached hydrogen (secondary N) is 2. The lowest BCUT2D eigenvalue weighted by Gasteiger charge is -2.30. The molecule has 2 N–H and O–H groups in total. The first kappa shape index (κ1) is 28.4. The Morgan fingerprint density at radius 3 is 2.31 bits per heavy atom. The van der Waals surface area contributed by atoms with Gasteiger partial charge in [-0.15, -0.1) is 0 Å². The number of benzene rings is 1. The second kappa shape index (κ2) is 15.1. The van der Waals surface area contributed by atoms with E-state index in [2.05, 4.69) is 24.6 Å². The first-order valence-corrected chi connectivity index (χ1v) is 13.7. The summed E-state index contributed by atoms with van der Waals surface area (Å²) in [5, 5.41) is 3.51. The van der Waals surface area contributed by atoms with Gasteiger partial charge >= 0.3 is 5.97 Å². The molecule has 36 heavy (non-hydrogen) atoms. The second-order valence-corrected chi connectivity index (χ2v) is 10.6. The van der Waals surface area contributed by atoms with Gasteiger partial charge in [0.15, 0.2) is 6.29 Å². The van der Waals surface area contributed by atoms with Gasteiger partial charge in [-0.25, -0.2) is 10.3 Å². The zero-order chi connectivity index (χ0) is 25.8. The summed E-state index contributed by atoms with van der Waals surface area (Å²) in [6, 6.07) is 7.71. The molecule has 2 atom stereocenters. The first-order chi connectivity index (χ1) is 17.4. The third-order valence-corrected chi connectivity index (χ3v) is 6.88. The Labute approximate surface area is 216 Å². The number of hydrogen-bond donors (Lipinski definition) is 2. The third kappa shape index (κ3) is 10.0. The van der Waals surface area contributed by atoms with Gasteiger partial charge in [0.25, 0.3) is 5.91 Å². The number of amides is 1. The molecule has 1 aromatic rings. The van der Waals surface area contributed by atoms with E-state index >= 15 is 0 Å². The SMILES string of the molecule is CC(C)COC(C)ONC(=O)/C=C/c1ccc(CNC(C(=O)OC2CCCC2)C2CCCCC2)cc1. The van der Waals surface area contributed by atoms with Crippen LogP contribution in [0, 0.1) is 11.8 Å². The number of hydrogen-bond acceptors (Lipinski definition) is 6. The van der Waals surface area contributed by atoms with Crippen LogP contribution in [0.15, 0.2) is 30.3 Å². The van der Waals surface area contributed by atoms with Crippen LogP contribution in [0.4, 0.5) is 0 Å². The van der Waals surface area contributed by atoms with Crippen molar-refractivity contribution in [1.29, 1.82) is 0 Å². The minimum atomic E-state index is -0.510. The van der Waals surface area contributed by atoms with Gasteiger partial charge in [-0.3, -0.25) is 9.59 Å². The van der Waals surface area contributed by atoms with E-state index in [-0.39, 0.29) is 24.0 Å². The Morgan fingerprint density at radius 1 is 0.972 bits per heavy atom. The maximum absolute atomic E-state index is 13.0. The Bertz CT molecular complexity index is 827. The number of carbonyl (C=O) groups is 2. The van der Waals surface area contributed by atoms with Crippen LogP contribution < -0.4 is 10.8 Å². The van der Waals surface area contributed by atoms with Crippen molar-refractivity contribution in [2.24, 2.45) is 11.8 Å². The van der Waals surface area contributed by atoms with Gasteiger partial charge in [0.1, 0.15) is 12.1 Å². The molecule has 0 heterocycles. The molecule has 1 amide bonds. The fraction of sp³-hybridized carbons (Fsp3) is 0.655. The average Bonchev–Trinajstić information content (AvgIpc) is 3.39. The highest BCUT2D eigenvalue weighted by atomic mass is 16.8. The van der Waals surface area contributed by atoms with E-state index in [4.69, 9.17) is 14.3 Å². The van der Waals surface area contributed by atoms with Crippen LogP contribution >= 0.6 is 0 Å². The summed E-state index contributed by atoms with van der Waals surface area (Å²) in [5.41, 5.74) is 4.38. The van der Waals surface area contributed by atoms with Crippen molar-refractivity contribution in [1.82, 2.24) is 10.8 Å². The zero-order valence-corrected chi connectivity index (χ0v) is 22.2. The number of rotatable bonds is 13. The molecule has 0 bridgehead atoms. The lowest BCUT2D eigenvalue weighted by molar-refractivity contribution is -0.180. The van der Waals surface area contributed by atoms with Gasteiger partial charge < -0.3 is 14.8 Å². The van der Waals surface area contributed by atoms with Crippen molar-refractivity contribution in [3.63, 3.8) is 0 Å². The molecule has 2 aliphatic carbocycles. The zero-order valence-electron chi connectivity index (χ0n) is 22.2. The van der Waals surface area contributed by atoms with Crippen molar-refractivity contribution in [3.8, 4) is 0 Å². The molecule has 2 unspecified atom stereocenters. The Kier molecular flexibility index (Phi) is 11.9. The van der Waals surface area contributed by atoms with Crippen LogP contribution in [-0.2, 0) is 30.4 Å². The standard InChI is InChI=1S/C29H44N2O5/c1-21(2)20-34-22(3)36-31-27(32)18-17-23-13-15-24(16-14-23)19-30-28(25-9-5-4-6-10-25)29(33)35-26-11-7-8-12-26/h13-18,21-22,25-26,28,30H,4-12,19-20H2,1-3H3,(H,31,32)/b18-17+. The molecule has 2 fully saturated rings. The monoisotopic (exact) mass is 500 g/mol. The smallest absolute Gasteiger partial charge is 0.323 e. The van der Waals surface area contributed by atoms with Gasteiger partial charge in [0.05, 0.1) is 6.61 Å². The molecule has 1 aromatic carbocycles. The summed E-state index contributed by atoms with van der Waals surface area (Å²) >= 11 is 0. The lowest BCUT2D eigenvalue weighted by atomic mass is 9.83. The number of carbonyl (C=O) groups excluding carboxylic acids is 2. The van der Waals surface area contributed by atoms with Crippen molar-refractivity contribution >= 4 is 18.0 Å². The van der Waals surface area contributed by atoms with E-state index in [1.165, 1.54) is 25.3 Å². The van der Waals surface area contributed by atoms with Gasteiger partial charge in [0.2, 0.25) is 0 Å². The Hall–Kier alpha value is -2.22. The van der Waals surface area contributed by atoms with Crippen molar-refractivity contribution in [3.05, 3.63) is 41.5 Å². The summed E-state index contributed by atoms with van der Waals surface area (Å²) in [7, 11) is 0. The molecule has 0 saturated heterocycles. The van der Waals surface area contributed by atoms with E-state index in [1.54, 1.807) is 13.0 Å². The largest absolute Gasteiger partial charge is 0.461 e. The Balaban J connectivity index is 1.47. The quantitative estimate of drug-likeness (QED) is 0.166. The van der Waals surface area contributed by atoms with Crippen LogP contribution in [0.5, 0.6) is 0 Å². The molecule has 0 spiro atoms. The minimum Gasteiger partial charge on any atom is -0.461 e. The molecule has 7 nitrogen and oxygen atoms in total. The maximum Gasteiger partial charge on any atom is 0.323 e. The molecule has 0 radical (unpaired) electrons. The highest BCUT2D eigenvalue weighted by Gasteiger charge is 2.32. The fourth-order valence-corrected chi connectivity index (χ4v) is 4.84. The van der Waals surface area contributed by atoms with Gasteiger partial charge in [0, 0.05) is 12.6 Å². The Morgan fingerprint density at radius 2 is 1.64 bits per heavy atom. The predicted molar refractivity (Wildman–Crippen MR) is 141 cm³/mol. The van der Waals surface area contributed by atoms with Gasteiger partial charge in [-0.1, -0.05) is 57.4 Å². The summed E-state index contributed by atoms with van der Waals surface area (Å²) in [4.78, 5) is 30.3. The first-order valence-electron chi connectivity index (χ1n) is 13.7. The van der Waals surface area contributed by atoms with Crippen LogP contribution in [0.2, 0.25) is 0 Å². The van der Waals surface area contributed by atoms with Crippen molar-refractivity contribution in [2.75, 3.05) is 6.61 Å². The predicted octanol–water partition coefficient (Wildman–Crippen LogP) is 5.29. The number of hydroxylamine groups is 1. The fourth-order valence-electron chi connectivity index (χ4n) is 4.84. The van der Waals surface area contributed by atoms with E-state index < -0.39 is 6.29 Å². The lowest BCUT2D eigenvalue weighted by Crippen LogP contribution is -2.45. The van der Waals surface area contributed by atoms with E-state index in [9.17, 15) is 9.59 Å². The van der Waals surface area contributed by atoms with Crippen LogP contribution in [0.1, 0.15) is 89.7 Å². The van der Waals surface area contributed by atoms with Gasteiger partial charge in [-0.05, 0) is 74.5 Å². The van der Waals surface area contributed by atoms with Crippen LogP contribution in [0.3, 0.4) is 0 Å². The molecule has 2 aliphatic rings. The third-order valence-electron chi connectivity index (χ3n) is 6.88. The molecule has 2 saturated carbocycles. The van der Waals surface area contributed by atoms with Crippen molar-refractivity contribution < 1.29 is 23.9 Å². The molecular formula is C29H44N2O5. The van der Waals surface area contributed by atoms with Crippen molar-refractivity contribution in [2.45, 2.75) is 104 Å². The normalized spacial score (nSPS) is 19.0. The highest BCUT2D eigenvalue weighted by molar-refractivity contribution is 5.90.